The van der Waals surface area contributed by atoms with Crippen LogP contribution in [0, 0.1) is 0 Å². The summed E-state index contributed by atoms with van der Waals surface area (Å²) in [5.74, 6) is 0.503. The minimum Gasteiger partial charge on any atom is -0.494 e. The highest BCUT2D eigenvalue weighted by Gasteiger charge is 2.04. The van der Waals surface area contributed by atoms with Gasteiger partial charge in [0.25, 0.3) is 0 Å². The third kappa shape index (κ3) is 1.95. The lowest BCUT2D eigenvalue weighted by molar-refractivity contribution is 0.299. The van der Waals surface area contributed by atoms with Crippen molar-refractivity contribution in [3.8, 4) is 0 Å². The zero-order valence-corrected chi connectivity index (χ0v) is 7.51. The lowest BCUT2D eigenvalue weighted by Crippen LogP contribution is -1.93. The third-order valence-electron chi connectivity index (χ3n) is 1.28. The Morgan fingerprint density at radius 1 is 1.75 bits per heavy atom. The summed E-state index contributed by atoms with van der Waals surface area (Å²) in [6.45, 7) is 6.13. The highest BCUT2D eigenvalue weighted by Crippen LogP contribution is 2.19. The fraction of sp³-hybridized carbons (Fsp3) is 0.250. The van der Waals surface area contributed by atoms with Crippen molar-refractivity contribution in [2.75, 3.05) is 6.61 Å². The van der Waals surface area contributed by atoms with Crippen LogP contribution < -0.4 is 0 Å². The molecule has 1 rings (SSSR count). The van der Waals surface area contributed by atoms with Crippen LogP contribution in [0.5, 0.6) is 0 Å². The molecule has 0 bridgehead atoms. The van der Waals surface area contributed by atoms with E-state index in [0.717, 1.165) is 0 Å². The van der Waals surface area contributed by atoms with Gasteiger partial charge in [0.15, 0.2) is 0 Å². The van der Waals surface area contributed by atoms with Crippen molar-refractivity contribution in [1.82, 2.24) is 9.97 Å². The molecule has 0 fully saturated rings. The Bertz CT molecular complexity index is 288. The monoisotopic (exact) mass is 184 g/mol. The van der Waals surface area contributed by atoms with Gasteiger partial charge in [-0.05, 0) is 6.92 Å². The van der Waals surface area contributed by atoms with E-state index in [-0.39, 0.29) is 0 Å². The van der Waals surface area contributed by atoms with Crippen LogP contribution in [-0.2, 0) is 4.74 Å². The molecule has 0 spiro atoms. The van der Waals surface area contributed by atoms with Crippen molar-refractivity contribution in [3.05, 3.63) is 29.8 Å². The van der Waals surface area contributed by atoms with E-state index in [9.17, 15) is 0 Å². The highest BCUT2D eigenvalue weighted by atomic mass is 35.5. The molecule has 1 heterocycles. The number of ether oxygens (including phenoxy) is 1. The van der Waals surface area contributed by atoms with Gasteiger partial charge in [-0.3, -0.25) is 0 Å². The van der Waals surface area contributed by atoms with Crippen LogP contribution in [0.4, 0.5) is 0 Å². The van der Waals surface area contributed by atoms with Crippen molar-refractivity contribution in [2.45, 2.75) is 6.92 Å². The summed E-state index contributed by atoms with van der Waals surface area (Å²) in [6, 6.07) is 0. The molecule has 3 nitrogen and oxygen atoms in total. The van der Waals surface area contributed by atoms with E-state index in [1.165, 1.54) is 6.33 Å². The van der Waals surface area contributed by atoms with Gasteiger partial charge in [-0.2, -0.15) is 0 Å². The molecule has 0 aliphatic rings. The largest absolute Gasteiger partial charge is 0.494 e. The average Bonchev–Trinajstić information content (AvgIpc) is 2.05. The zero-order chi connectivity index (χ0) is 8.97. The summed E-state index contributed by atoms with van der Waals surface area (Å²) in [4.78, 5) is 7.61. The molecule has 1 aromatic heterocycles. The number of hydrogen-bond donors (Lipinski definition) is 0. The van der Waals surface area contributed by atoms with Gasteiger partial charge in [0.2, 0.25) is 0 Å². The van der Waals surface area contributed by atoms with Crippen LogP contribution in [0.1, 0.15) is 12.5 Å². The van der Waals surface area contributed by atoms with Gasteiger partial charge in [0, 0.05) is 6.20 Å². The molecular formula is C8H9ClN2O. The Morgan fingerprint density at radius 3 is 3.08 bits per heavy atom. The normalized spacial score (nSPS) is 9.50. The number of aromatic nitrogens is 2. The van der Waals surface area contributed by atoms with E-state index in [1.807, 2.05) is 6.92 Å². The van der Waals surface area contributed by atoms with Gasteiger partial charge in [-0.15, -0.1) is 0 Å². The molecule has 4 heteroatoms. The second kappa shape index (κ2) is 4.07. The first-order valence-electron chi connectivity index (χ1n) is 3.53. The van der Waals surface area contributed by atoms with Crippen LogP contribution in [0.25, 0.3) is 5.76 Å². The van der Waals surface area contributed by atoms with Crippen molar-refractivity contribution in [1.29, 1.82) is 0 Å². The molecule has 0 saturated heterocycles. The molecule has 0 aliphatic heterocycles. The predicted octanol–water partition coefficient (Wildman–Crippen LogP) is 2.14. The predicted molar refractivity (Wildman–Crippen MR) is 47.7 cm³/mol. The molecule has 0 N–H and O–H groups in total. The molecular weight excluding hydrogens is 176 g/mol. The lowest BCUT2D eigenvalue weighted by Gasteiger charge is -2.06. The molecule has 1 aromatic rings. The van der Waals surface area contributed by atoms with E-state index in [0.29, 0.717) is 23.1 Å². The summed E-state index contributed by atoms with van der Waals surface area (Å²) < 4.78 is 5.15. The number of nitrogens with zero attached hydrogens (tertiary/aromatic N) is 2. The van der Waals surface area contributed by atoms with Crippen molar-refractivity contribution in [3.63, 3.8) is 0 Å². The molecule has 0 atom stereocenters. The molecule has 0 aromatic carbocycles. The third-order valence-corrected chi connectivity index (χ3v) is 1.58. The summed E-state index contributed by atoms with van der Waals surface area (Å²) in [6.07, 6.45) is 2.96. The van der Waals surface area contributed by atoms with E-state index in [1.54, 1.807) is 6.20 Å². The highest BCUT2D eigenvalue weighted by molar-refractivity contribution is 6.30. The van der Waals surface area contributed by atoms with Gasteiger partial charge in [0.1, 0.15) is 17.2 Å². The fourth-order valence-corrected chi connectivity index (χ4v) is 0.952. The summed E-state index contributed by atoms with van der Waals surface area (Å²) >= 11 is 5.76. The molecule has 0 amide bonds. The first kappa shape index (κ1) is 9.00. The Hall–Kier alpha value is -1.09. The Balaban J connectivity index is 2.87. The van der Waals surface area contributed by atoms with E-state index >= 15 is 0 Å². The summed E-state index contributed by atoms with van der Waals surface area (Å²) in [5, 5.41) is 0.364. The van der Waals surface area contributed by atoms with Crippen LogP contribution in [0.3, 0.4) is 0 Å². The van der Waals surface area contributed by atoms with Crippen LogP contribution in [0.2, 0.25) is 5.15 Å². The minimum absolute atomic E-state index is 0.364. The number of rotatable bonds is 3. The summed E-state index contributed by atoms with van der Waals surface area (Å²) in [5.41, 5.74) is 0.640. The molecule has 12 heavy (non-hydrogen) atoms. The molecule has 0 unspecified atom stereocenters. The quantitative estimate of drug-likeness (QED) is 0.533. The van der Waals surface area contributed by atoms with Crippen LogP contribution >= 0.6 is 11.6 Å². The van der Waals surface area contributed by atoms with Crippen molar-refractivity contribution in [2.24, 2.45) is 0 Å². The first-order chi connectivity index (χ1) is 5.75. The maximum atomic E-state index is 5.76. The second-order valence-electron chi connectivity index (χ2n) is 2.08. The van der Waals surface area contributed by atoms with Gasteiger partial charge in [0.05, 0.1) is 12.2 Å². The lowest BCUT2D eigenvalue weighted by atomic mass is 10.3. The topological polar surface area (TPSA) is 35.0 Å². The number of halogens is 1. The fourth-order valence-electron chi connectivity index (χ4n) is 0.754. The van der Waals surface area contributed by atoms with Crippen molar-refractivity contribution >= 4 is 17.4 Å². The minimum atomic E-state index is 0.364. The zero-order valence-electron chi connectivity index (χ0n) is 6.75. The Kier molecular flexibility index (Phi) is 3.05. The molecule has 0 aliphatic carbocycles. The van der Waals surface area contributed by atoms with Crippen LogP contribution in [-0.4, -0.2) is 16.6 Å². The first-order valence-corrected chi connectivity index (χ1v) is 3.91. The van der Waals surface area contributed by atoms with Crippen molar-refractivity contribution < 1.29 is 4.74 Å². The smallest absolute Gasteiger partial charge is 0.143 e. The van der Waals surface area contributed by atoms with E-state index in [4.69, 9.17) is 16.3 Å². The average molecular weight is 185 g/mol. The maximum absolute atomic E-state index is 5.76. The van der Waals surface area contributed by atoms with Gasteiger partial charge >= 0.3 is 0 Å². The molecule has 0 saturated carbocycles. The van der Waals surface area contributed by atoms with E-state index < -0.39 is 0 Å². The van der Waals surface area contributed by atoms with Gasteiger partial charge in [-0.1, -0.05) is 18.2 Å². The maximum Gasteiger partial charge on any atom is 0.143 e. The number of hydrogen-bond acceptors (Lipinski definition) is 3. The van der Waals surface area contributed by atoms with Gasteiger partial charge < -0.3 is 4.74 Å². The Labute approximate surface area is 76.1 Å². The summed E-state index contributed by atoms with van der Waals surface area (Å²) in [7, 11) is 0. The van der Waals surface area contributed by atoms with Crippen LogP contribution in [0.15, 0.2) is 19.1 Å². The second-order valence-corrected chi connectivity index (χ2v) is 2.44. The Morgan fingerprint density at radius 2 is 2.50 bits per heavy atom. The van der Waals surface area contributed by atoms with Gasteiger partial charge in [-0.25, -0.2) is 9.97 Å². The van der Waals surface area contributed by atoms with E-state index in [2.05, 4.69) is 16.5 Å². The molecule has 64 valence electrons. The SMILES string of the molecule is C=C(OCC)c1cncnc1Cl. The standard InChI is InChI=1S/C8H9ClN2O/c1-3-12-6(2)7-4-10-5-11-8(7)9/h4-5H,2-3H2,1H3. The molecule has 0 radical (unpaired) electrons.